The number of ether oxygens (including phenoxy) is 1. The van der Waals surface area contributed by atoms with Gasteiger partial charge in [-0.3, -0.25) is 5.43 Å². The fourth-order valence-corrected chi connectivity index (χ4v) is 1.81. The first kappa shape index (κ1) is 13.4. The molecule has 0 aliphatic rings. The predicted molar refractivity (Wildman–Crippen MR) is 80.3 cm³/mol. The molecule has 2 rings (SSSR count). The number of halogens is 1. The molecule has 98 valence electrons. The Morgan fingerprint density at radius 1 is 1.21 bits per heavy atom. The number of hydrazone groups is 1. The predicted octanol–water partition coefficient (Wildman–Crippen LogP) is 4.18. The van der Waals surface area contributed by atoms with Crippen molar-refractivity contribution in [2.45, 2.75) is 6.92 Å². The molecule has 0 saturated heterocycles. The highest BCUT2D eigenvalue weighted by molar-refractivity contribution is 6.32. The van der Waals surface area contributed by atoms with Gasteiger partial charge in [-0.2, -0.15) is 5.10 Å². The van der Waals surface area contributed by atoms with Crippen LogP contribution in [0.25, 0.3) is 0 Å². The molecule has 0 bridgehead atoms. The summed E-state index contributed by atoms with van der Waals surface area (Å²) >= 11 is 6.10. The van der Waals surface area contributed by atoms with Gasteiger partial charge in [0.15, 0.2) is 0 Å². The van der Waals surface area contributed by atoms with Crippen molar-refractivity contribution < 1.29 is 4.74 Å². The molecule has 1 N–H and O–H groups in total. The first-order chi connectivity index (χ1) is 9.29. The number of rotatable bonds is 5. The van der Waals surface area contributed by atoms with Crippen LogP contribution in [0.4, 0.5) is 5.69 Å². The lowest BCUT2D eigenvalue weighted by molar-refractivity contribution is 0.340. The largest absolute Gasteiger partial charge is 0.492 e. The molecule has 2 aromatic carbocycles. The summed E-state index contributed by atoms with van der Waals surface area (Å²) in [6.45, 7) is 2.53. The van der Waals surface area contributed by atoms with Crippen LogP contribution in [0.3, 0.4) is 0 Å². The summed E-state index contributed by atoms with van der Waals surface area (Å²) in [5, 5.41) is 4.74. The maximum absolute atomic E-state index is 6.10. The lowest BCUT2D eigenvalue weighted by Gasteiger charge is -2.05. The smallest absolute Gasteiger partial charge is 0.137 e. The molecule has 0 heterocycles. The van der Waals surface area contributed by atoms with Gasteiger partial charge in [-0.25, -0.2) is 0 Å². The molecule has 19 heavy (non-hydrogen) atoms. The first-order valence-corrected chi connectivity index (χ1v) is 6.44. The summed E-state index contributed by atoms with van der Waals surface area (Å²) in [5.74, 6) is 0.692. The van der Waals surface area contributed by atoms with Crippen molar-refractivity contribution in [1.29, 1.82) is 0 Å². The van der Waals surface area contributed by atoms with Crippen molar-refractivity contribution in [2.75, 3.05) is 12.0 Å². The van der Waals surface area contributed by atoms with E-state index in [1.54, 1.807) is 6.21 Å². The van der Waals surface area contributed by atoms with Crippen LogP contribution in [-0.2, 0) is 0 Å². The van der Waals surface area contributed by atoms with Gasteiger partial charge in [-0.1, -0.05) is 29.8 Å². The minimum absolute atomic E-state index is 0.588. The Balaban J connectivity index is 2.01. The SMILES string of the molecule is CCOc1ccc(/C=N/Nc2ccccc2)cc1Cl. The molecule has 0 fully saturated rings. The van der Waals surface area contributed by atoms with E-state index in [1.807, 2.05) is 55.5 Å². The van der Waals surface area contributed by atoms with Gasteiger partial charge < -0.3 is 4.74 Å². The molecule has 0 spiro atoms. The second-order valence-electron chi connectivity index (χ2n) is 3.86. The average Bonchev–Trinajstić information content (AvgIpc) is 2.43. The second-order valence-corrected chi connectivity index (χ2v) is 4.27. The molecular formula is C15H15ClN2O. The zero-order chi connectivity index (χ0) is 13.5. The van der Waals surface area contributed by atoms with E-state index >= 15 is 0 Å². The number of hydrogen-bond acceptors (Lipinski definition) is 3. The van der Waals surface area contributed by atoms with Crippen LogP contribution in [0.15, 0.2) is 53.6 Å². The monoisotopic (exact) mass is 274 g/mol. The van der Waals surface area contributed by atoms with Crippen molar-refractivity contribution in [1.82, 2.24) is 0 Å². The van der Waals surface area contributed by atoms with Gasteiger partial charge in [-0.05, 0) is 42.8 Å². The zero-order valence-corrected chi connectivity index (χ0v) is 11.4. The third kappa shape index (κ3) is 4.00. The Morgan fingerprint density at radius 3 is 2.68 bits per heavy atom. The van der Waals surface area contributed by atoms with Crippen molar-refractivity contribution >= 4 is 23.5 Å². The highest BCUT2D eigenvalue weighted by Crippen LogP contribution is 2.24. The van der Waals surface area contributed by atoms with Crippen LogP contribution in [-0.4, -0.2) is 12.8 Å². The van der Waals surface area contributed by atoms with E-state index < -0.39 is 0 Å². The average molecular weight is 275 g/mol. The number of benzene rings is 2. The van der Waals surface area contributed by atoms with Crippen molar-refractivity contribution in [3.05, 3.63) is 59.1 Å². The van der Waals surface area contributed by atoms with E-state index in [9.17, 15) is 0 Å². The number of anilines is 1. The van der Waals surface area contributed by atoms with Crippen LogP contribution in [0.5, 0.6) is 5.75 Å². The molecule has 0 radical (unpaired) electrons. The molecule has 0 saturated carbocycles. The van der Waals surface area contributed by atoms with E-state index in [0.29, 0.717) is 17.4 Å². The van der Waals surface area contributed by atoms with Gasteiger partial charge in [0.25, 0.3) is 0 Å². The number of para-hydroxylation sites is 1. The van der Waals surface area contributed by atoms with E-state index in [0.717, 1.165) is 11.3 Å². The van der Waals surface area contributed by atoms with Crippen LogP contribution in [0.1, 0.15) is 12.5 Å². The maximum Gasteiger partial charge on any atom is 0.137 e. The zero-order valence-electron chi connectivity index (χ0n) is 10.6. The number of nitrogens with zero attached hydrogens (tertiary/aromatic N) is 1. The van der Waals surface area contributed by atoms with Crippen molar-refractivity contribution in [3.8, 4) is 5.75 Å². The third-order valence-electron chi connectivity index (χ3n) is 2.44. The van der Waals surface area contributed by atoms with E-state index in [-0.39, 0.29) is 0 Å². The van der Waals surface area contributed by atoms with Crippen molar-refractivity contribution in [2.24, 2.45) is 5.10 Å². The van der Waals surface area contributed by atoms with Gasteiger partial charge in [0.1, 0.15) is 5.75 Å². The summed E-state index contributed by atoms with van der Waals surface area (Å²) in [5.41, 5.74) is 4.80. The first-order valence-electron chi connectivity index (χ1n) is 6.06. The van der Waals surface area contributed by atoms with Gasteiger partial charge in [0.05, 0.1) is 23.5 Å². The summed E-state index contributed by atoms with van der Waals surface area (Å²) < 4.78 is 5.37. The number of hydrogen-bond donors (Lipinski definition) is 1. The molecule has 0 aliphatic carbocycles. The molecule has 0 unspecified atom stereocenters. The Bertz CT molecular complexity index is 555. The molecule has 2 aromatic rings. The fraction of sp³-hybridized carbons (Fsp3) is 0.133. The Kier molecular flexibility index (Phi) is 4.81. The van der Waals surface area contributed by atoms with Crippen molar-refractivity contribution in [3.63, 3.8) is 0 Å². The van der Waals surface area contributed by atoms with E-state index in [2.05, 4.69) is 10.5 Å². The maximum atomic E-state index is 6.10. The Labute approximate surface area is 117 Å². The number of nitrogens with one attached hydrogen (secondary N) is 1. The molecule has 0 aromatic heterocycles. The summed E-state index contributed by atoms with van der Waals surface area (Å²) in [6, 6.07) is 15.3. The van der Waals surface area contributed by atoms with Crippen LogP contribution < -0.4 is 10.2 Å². The minimum Gasteiger partial charge on any atom is -0.492 e. The standard InChI is InChI=1S/C15H15ClN2O/c1-2-19-15-9-8-12(10-14(15)16)11-17-18-13-6-4-3-5-7-13/h3-11,18H,2H2,1H3/b17-11+. The summed E-state index contributed by atoms with van der Waals surface area (Å²) in [7, 11) is 0. The lowest BCUT2D eigenvalue weighted by atomic mass is 10.2. The Morgan fingerprint density at radius 2 is 2.00 bits per heavy atom. The summed E-state index contributed by atoms with van der Waals surface area (Å²) in [6.07, 6.45) is 1.72. The van der Waals surface area contributed by atoms with E-state index in [1.165, 1.54) is 0 Å². The Hall–Kier alpha value is -2.00. The summed E-state index contributed by atoms with van der Waals surface area (Å²) in [4.78, 5) is 0. The second kappa shape index (κ2) is 6.81. The van der Waals surface area contributed by atoms with Gasteiger partial charge in [0, 0.05) is 0 Å². The fourth-order valence-electron chi connectivity index (χ4n) is 1.56. The highest BCUT2D eigenvalue weighted by atomic mass is 35.5. The normalized spacial score (nSPS) is 10.6. The van der Waals surface area contributed by atoms with Gasteiger partial charge >= 0.3 is 0 Å². The minimum atomic E-state index is 0.588. The molecule has 0 atom stereocenters. The topological polar surface area (TPSA) is 33.6 Å². The third-order valence-corrected chi connectivity index (χ3v) is 2.73. The van der Waals surface area contributed by atoms with Gasteiger partial charge in [0.2, 0.25) is 0 Å². The lowest BCUT2D eigenvalue weighted by Crippen LogP contribution is -1.94. The van der Waals surface area contributed by atoms with Crippen LogP contribution in [0, 0.1) is 0 Å². The molecule has 0 amide bonds. The molecule has 0 aliphatic heterocycles. The van der Waals surface area contributed by atoms with Crippen LogP contribution in [0.2, 0.25) is 5.02 Å². The van der Waals surface area contributed by atoms with E-state index in [4.69, 9.17) is 16.3 Å². The highest BCUT2D eigenvalue weighted by Gasteiger charge is 2.00. The molecular weight excluding hydrogens is 260 g/mol. The van der Waals surface area contributed by atoms with Gasteiger partial charge in [-0.15, -0.1) is 0 Å². The molecule has 3 nitrogen and oxygen atoms in total. The molecule has 4 heteroatoms. The van der Waals surface area contributed by atoms with Crippen LogP contribution >= 0.6 is 11.6 Å². The quantitative estimate of drug-likeness (QED) is 0.655.